The van der Waals surface area contributed by atoms with Gasteiger partial charge in [-0.15, -0.1) is 0 Å². The Labute approximate surface area is 222 Å². The molecule has 0 unspecified atom stereocenters. The van der Waals surface area contributed by atoms with Crippen LogP contribution < -0.4 is 10.1 Å². The van der Waals surface area contributed by atoms with Crippen LogP contribution in [0.5, 0.6) is 5.75 Å². The van der Waals surface area contributed by atoms with E-state index >= 15 is 0 Å². The summed E-state index contributed by atoms with van der Waals surface area (Å²) in [6.07, 6.45) is 1.84. The zero-order valence-electron chi connectivity index (χ0n) is 20.8. The number of halogens is 1. The summed E-state index contributed by atoms with van der Waals surface area (Å²) in [6.45, 7) is 7.05. The summed E-state index contributed by atoms with van der Waals surface area (Å²) in [4.78, 5) is 6.96. The second-order valence-electron chi connectivity index (χ2n) is 9.15. The lowest BCUT2D eigenvalue weighted by atomic mass is 9.96. The maximum absolute atomic E-state index is 6.49. The van der Waals surface area contributed by atoms with Crippen molar-refractivity contribution in [3.8, 4) is 11.4 Å². The van der Waals surface area contributed by atoms with E-state index in [9.17, 15) is 0 Å². The fourth-order valence-electron chi connectivity index (χ4n) is 5.14. The molecule has 2 atom stereocenters. The number of aryl methyl sites for hydroxylation is 1. The van der Waals surface area contributed by atoms with Crippen molar-refractivity contribution in [3.63, 3.8) is 0 Å². The summed E-state index contributed by atoms with van der Waals surface area (Å²) in [7, 11) is 1.68. The van der Waals surface area contributed by atoms with E-state index in [2.05, 4.69) is 70.9 Å². The fourth-order valence-corrected chi connectivity index (χ4v) is 5.61. The van der Waals surface area contributed by atoms with Crippen LogP contribution in [0.25, 0.3) is 5.69 Å². The molecular formula is C29H29ClN4OS. The Balaban J connectivity index is 1.61. The lowest BCUT2D eigenvalue weighted by Gasteiger charge is -2.28. The van der Waals surface area contributed by atoms with Crippen molar-refractivity contribution in [1.29, 1.82) is 0 Å². The van der Waals surface area contributed by atoms with Gasteiger partial charge in [-0.2, -0.15) is 0 Å². The average Bonchev–Trinajstić information content (AvgIpc) is 3.36. The Kier molecular flexibility index (Phi) is 6.73. The minimum atomic E-state index is -0.0774. The molecule has 0 bridgehead atoms. The topological polar surface area (TPSA) is 42.3 Å². The minimum absolute atomic E-state index is 0.0334. The summed E-state index contributed by atoms with van der Waals surface area (Å²) >= 11 is 12.4. The van der Waals surface area contributed by atoms with Crippen molar-refractivity contribution in [2.75, 3.05) is 7.11 Å². The lowest BCUT2D eigenvalue weighted by Crippen LogP contribution is -2.29. The maximum Gasteiger partial charge on any atom is 0.170 e. The van der Waals surface area contributed by atoms with Crippen LogP contribution in [-0.4, -0.2) is 26.7 Å². The number of hydrogen-bond donors (Lipinski definition) is 1. The van der Waals surface area contributed by atoms with Gasteiger partial charge < -0.3 is 19.5 Å². The Morgan fingerprint density at radius 2 is 1.81 bits per heavy atom. The highest BCUT2D eigenvalue weighted by molar-refractivity contribution is 7.80. The lowest BCUT2D eigenvalue weighted by molar-refractivity contribution is 0.310. The standard InChI is InChI=1S/C29H29ClN4OS/c1-18-16-23(20(3)34(18)26-10-7-8-24(30)19(26)2)28-27(25-9-5-6-15-31-25)32-29(36)33(28)17-21-11-13-22(35-4)14-12-21/h5-16,27-28H,17H2,1-4H3,(H,32,36)/t27-,28+/m0/s1. The smallest absolute Gasteiger partial charge is 0.170 e. The van der Waals surface area contributed by atoms with Gasteiger partial charge in [0.2, 0.25) is 0 Å². The second-order valence-corrected chi connectivity index (χ2v) is 9.94. The number of aromatic nitrogens is 2. The summed E-state index contributed by atoms with van der Waals surface area (Å²) in [6, 6.07) is 22.4. The van der Waals surface area contributed by atoms with Gasteiger partial charge in [-0.3, -0.25) is 4.98 Å². The number of hydrogen-bond acceptors (Lipinski definition) is 3. The van der Waals surface area contributed by atoms with E-state index in [1.807, 2.05) is 42.6 Å². The van der Waals surface area contributed by atoms with Crippen molar-refractivity contribution < 1.29 is 4.74 Å². The number of pyridine rings is 1. The van der Waals surface area contributed by atoms with Gasteiger partial charge >= 0.3 is 0 Å². The molecule has 7 heteroatoms. The largest absolute Gasteiger partial charge is 0.497 e. The molecule has 1 aliphatic heterocycles. The maximum atomic E-state index is 6.49. The number of rotatable bonds is 6. The van der Waals surface area contributed by atoms with E-state index < -0.39 is 0 Å². The van der Waals surface area contributed by atoms with Gasteiger partial charge in [0.25, 0.3) is 0 Å². The molecule has 0 spiro atoms. The zero-order chi connectivity index (χ0) is 25.4. The first-order valence-corrected chi connectivity index (χ1v) is 12.7. The molecule has 3 heterocycles. The molecule has 5 rings (SSSR count). The van der Waals surface area contributed by atoms with Crippen LogP contribution in [0.1, 0.15) is 45.9 Å². The quantitative estimate of drug-likeness (QED) is 0.291. The Bertz CT molecular complexity index is 1400. The van der Waals surface area contributed by atoms with Gasteiger partial charge in [0.15, 0.2) is 5.11 Å². The molecule has 1 fully saturated rings. The van der Waals surface area contributed by atoms with Gasteiger partial charge in [0.05, 0.1) is 24.9 Å². The highest BCUT2D eigenvalue weighted by Crippen LogP contribution is 2.42. The van der Waals surface area contributed by atoms with E-state index in [-0.39, 0.29) is 12.1 Å². The third kappa shape index (κ3) is 4.36. The molecule has 0 aliphatic carbocycles. The molecular weight excluding hydrogens is 488 g/mol. The third-order valence-electron chi connectivity index (χ3n) is 6.98. The van der Waals surface area contributed by atoms with Crippen molar-refractivity contribution in [3.05, 3.63) is 112 Å². The first-order valence-electron chi connectivity index (χ1n) is 11.9. The molecule has 1 saturated heterocycles. The molecule has 5 nitrogen and oxygen atoms in total. The highest BCUT2D eigenvalue weighted by Gasteiger charge is 2.41. The first kappa shape index (κ1) is 24.3. The number of nitrogens with one attached hydrogen (secondary N) is 1. The summed E-state index contributed by atoms with van der Waals surface area (Å²) in [5, 5.41) is 5.05. The van der Waals surface area contributed by atoms with Crippen LogP contribution in [-0.2, 0) is 6.54 Å². The molecule has 1 aliphatic rings. The SMILES string of the molecule is COc1ccc(CN2C(=S)N[C@@H](c3ccccn3)[C@H]2c2cc(C)n(-c3cccc(Cl)c3C)c2C)cc1. The van der Waals surface area contributed by atoms with E-state index in [4.69, 9.17) is 28.6 Å². The Morgan fingerprint density at radius 1 is 1.03 bits per heavy atom. The minimum Gasteiger partial charge on any atom is -0.497 e. The Hall–Kier alpha value is -3.35. The number of thiocarbonyl (C=S) groups is 1. The predicted molar refractivity (Wildman–Crippen MR) is 149 cm³/mol. The van der Waals surface area contributed by atoms with Crippen LogP contribution in [0.2, 0.25) is 5.02 Å². The van der Waals surface area contributed by atoms with Gasteiger partial charge in [0.1, 0.15) is 5.75 Å². The second kappa shape index (κ2) is 9.96. The first-order chi connectivity index (χ1) is 17.4. The number of ether oxygens (including phenoxy) is 1. The van der Waals surface area contributed by atoms with Crippen LogP contribution >= 0.6 is 23.8 Å². The van der Waals surface area contributed by atoms with Crippen molar-refractivity contribution >= 4 is 28.9 Å². The summed E-state index contributed by atoms with van der Waals surface area (Å²) in [5.41, 5.74) is 7.79. The number of benzene rings is 2. The molecule has 4 aromatic rings. The van der Waals surface area contributed by atoms with Crippen LogP contribution in [0.3, 0.4) is 0 Å². The molecule has 1 N–H and O–H groups in total. The fraction of sp³-hybridized carbons (Fsp3) is 0.241. The van der Waals surface area contributed by atoms with Crippen LogP contribution in [0.4, 0.5) is 0 Å². The zero-order valence-corrected chi connectivity index (χ0v) is 22.4. The molecule has 0 radical (unpaired) electrons. The van der Waals surface area contributed by atoms with Gasteiger partial charge in [0, 0.05) is 34.8 Å². The van der Waals surface area contributed by atoms with Crippen LogP contribution in [0, 0.1) is 20.8 Å². The predicted octanol–water partition coefficient (Wildman–Crippen LogP) is 6.63. The van der Waals surface area contributed by atoms with Gasteiger partial charge in [-0.05, 0) is 92.1 Å². The summed E-state index contributed by atoms with van der Waals surface area (Å²) in [5.74, 6) is 0.837. The normalized spacial score (nSPS) is 17.4. The van der Waals surface area contributed by atoms with Crippen LogP contribution in [0.15, 0.2) is 72.9 Å². The van der Waals surface area contributed by atoms with Crippen molar-refractivity contribution in [2.24, 2.45) is 0 Å². The average molecular weight is 517 g/mol. The van der Waals surface area contributed by atoms with Gasteiger partial charge in [-0.1, -0.05) is 35.9 Å². The van der Waals surface area contributed by atoms with E-state index in [1.54, 1.807) is 7.11 Å². The van der Waals surface area contributed by atoms with Gasteiger partial charge in [-0.25, -0.2) is 0 Å². The molecule has 0 saturated carbocycles. The monoisotopic (exact) mass is 516 g/mol. The van der Waals surface area contributed by atoms with Crippen molar-refractivity contribution in [2.45, 2.75) is 39.4 Å². The molecule has 184 valence electrons. The molecule has 2 aromatic heterocycles. The molecule has 0 amide bonds. The van der Waals surface area contributed by atoms with Crippen molar-refractivity contribution in [1.82, 2.24) is 19.8 Å². The van der Waals surface area contributed by atoms with E-state index in [1.165, 1.54) is 5.56 Å². The summed E-state index contributed by atoms with van der Waals surface area (Å²) < 4.78 is 7.64. The Morgan fingerprint density at radius 3 is 2.50 bits per heavy atom. The van der Waals surface area contributed by atoms with E-state index in [0.717, 1.165) is 49.8 Å². The number of nitrogens with zero attached hydrogens (tertiary/aromatic N) is 3. The highest BCUT2D eigenvalue weighted by atomic mass is 35.5. The molecule has 36 heavy (non-hydrogen) atoms. The third-order valence-corrected chi connectivity index (χ3v) is 7.74. The number of methoxy groups -OCH3 is 1. The molecule has 2 aromatic carbocycles. The van der Waals surface area contributed by atoms with E-state index in [0.29, 0.717) is 6.54 Å².